The monoisotopic (exact) mass is 302 g/mol. The molecule has 0 saturated carbocycles. The summed E-state index contributed by atoms with van der Waals surface area (Å²) in [5.74, 6) is 6.39. The topological polar surface area (TPSA) is 28.7 Å². The van der Waals surface area contributed by atoms with E-state index in [0.29, 0.717) is 5.15 Å². The molecule has 2 aromatic carbocycles. The Labute approximate surface area is 132 Å². The largest absolute Gasteiger partial charge is 0.339 e. The Kier molecular flexibility index (Phi) is 3.07. The molecule has 4 aromatic rings. The summed E-state index contributed by atoms with van der Waals surface area (Å²) >= 11 is 5.94. The van der Waals surface area contributed by atoms with Crippen LogP contribution in [0.25, 0.3) is 21.9 Å². The van der Waals surface area contributed by atoms with Crippen molar-refractivity contribution in [3.05, 3.63) is 76.9 Å². The molecule has 3 heteroatoms. The van der Waals surface area contributed by atoms with Crippen LogP contribution in [0.4, 0.5) is 0 Å². The summed E-state index contributed by atoms with van der Waals surface area (Å²) in [4.78, 5) is 7.59. The molecular weight excluding hydrogens is 292 g/mol. The van der Waals surface area contributed by atoms with Crippen LogP contribution < -0.4 is 0 Å². The van der Waals surface area contributed by atoms with Crippen LogP contribution in [0.2, 0.25) is 5.15 Å². The number of nitrogens with zero attached hydrogens (tertiary/aromatic N) is 1. The van der Waals surface area contributed by atoms with Gasteiger partial charge in [0.05, 0.1) is 0 Å². The number of benzene rings is 2. The fraction of sp³-hybridized carbons (Fsp3) is 0. The van der Waals surface area contributed by atoms with Crippen molar-refractivity contribution in [2.45, 2.75) is 0 Å². The first-order valence-electron chi connectivity index (χ1n) is 6.95. The van der Waals surface area contributed by atoms with Crippen LogP contribution in [-0.4, -0.2) is 9.97 Å². The smallest absolute Gasteiger partial charge is 0.140 e. The fourth-order valence-corrected chi connectivity index (χ4v) is 2.64. The summed E-state index contributed by atoms with van der Waals surface area (Å²) in [5.41, 5.74) is 3.83. The lowest BCUT2D eigenvalue weighted by molar-refractivity contribution is 1.35. The lowest BCUT2D eigenvalue weighted by atomic mass is 10.1. The van der Waals surface area contributed by atoms with Crippen LogP contribution in [0.15, 0.2) is 60.7 Å². The maximum atomic E-state index is 5.94. The van der Waals surface area contributed by atoms with Gasteiger partial charge in [-0.25, -0.2) is 4.98 Å². The van der Waals surface area contributed by atoms with Gasteiger partial charge in [0, 0.05) is 27.4 Å². The van der Waals surface area contributed by atoms with Crippen molar-refractivity contribution in [1.29, 1.82) is 0 Å². The van der Waals surface area contributed by atoms with Crippen molar-refractivity contribution in [3.8, 4) is 11.8 Å². The first-order chi connectivity index (χ1) is 10.8. The number of H-pyrrole nitrogens is 1. The Balaban J connectivity index is 1.84. The Morgan fingerprint density at radius 1 is 0.818 bits per heavy atom. The summed E-state index contributed by atoms with van der Waals surface area (Å²) in [6, 6.07) is 19.9. The second-order valence-corrected chi connectivity index (χ2v) is 5.42. The lowest BCUT2D eigenvalue weighted by Gasteiger charge is -1.93. The third-order valence-electron chi connectivity index (χ3n) is 3.55. The standard InChI is InChI=1S/C19H11ClN2/c20-18-11-9-15-16-12-14(7-6-13-4-2-1-3-5-13)8-10-17(16)21-19(15)22-18/h1-5,8-12H,(H,21,22). The summed E-state index contributed by atoms with van der Waals surface area (Å²) in [6.07, 6.45) is 0. The zero-order valence-corrected chi connectivity index (χ0v) is 12.4. The van der Waals surface area contributed by atoms with Gasteiger partial charge < -0.3 is 4.98 Å². The molecule has 0 aliphatic rings. The third kappa shape index (κ3) is 2.32. The molecule has 2 aromatic heterocycles. The van der Waals surface area contributed by atoms with Crippen molar-refractivity contribution in [1.82, 2.24) is 9.97 Å². The molecule has 0 spiro atoms. The first-order valence-corrected chi connectivity index (χ1v) is 7.32. The number of rotatable bonds is 0. The van der Waals surface area contributed by atoms with Crippen LogP contribution in [0.5, 0.6) is 0 Å². The zero-order valence-electron chi connectivity index (χ0n) is 11.6. The summed E-state index contributed by atoms with van der Waals surface area (Å²) in [5, 5.41) is 2.66. The molecule has 0 radical (unpaired) electrons. The van der Waals surface area contributed by atoms with Gasteiger partial charge in [0.2, 0.25) is 0 Å². The van der Waals surface area contributed by atoms with Crippen molar-refractivity contribution in [2.24, 2.45) is 0 Å². The second kappa shape index (κ2) is 5.22. The van der Waals surface area contributed by atoms with E-state index in [1.807, 2.05) is 48.5 Å². The number of fused-ring (bicyclic) bond motifs is 3. The van der Waals surface area contributed by atoms with Gasteiger partial charge in [-0.1, -0.05) is 41.6 Å². The van der Waals surface area contributed by atoms with Gasteiger partial charge >= 0.3 is 0 Å². The van der Waals surface area contributed by atoms with Gasteiger partial charge in [-0.15, -0.1) is 0 Å². The van der Waals surface area contributed by atoms with Crippen molar-refractivity contribution in [3.63, 3.8) is 0 Å². The van der Waals surface area contributed by atoms with E-state index in [9.17, 15) is 0 Å². The molecule has 0 unspecified atom stereocenters. The molecule has 1 N–H and O–H groups in total. The number of hydrogen-bond acceptors (Lipinski definition) is 1. The lowest BCUT2D eigenvalue weighted by Crippen LogP contribution is -1.76. The minimum atomic E-state index is 0.489. The van der Waals surface area contributed by atoms with E-state index in [1.165, 1.54) is 0 Å². The van der Waals surface area contributed by atoms with E-state index >= 15 is 0 Å². The number of aromatic amines is 1. The van der Waals surface area contributed by atoms with Gasteiger partial charge in [-0.2, -0.15) is 0 Å². The van der Waals surface area contributed by atoms with Gasteiger partial charge in [-0.05, 0) is 42.5 Å². The highest BCUT2D eigenvalue weighted by molar-refractivity contribution is 6.30. The van der Waals surface area contributed by atoms with Crippen LogP contribution in [0, 0.1) is 11.8 Å². The van der Waals surface area contributed by atoms with Gasteiger partial charge in [0.25, 0.3) is 0 Å². The molecule has 0 amide bonds. The van der Waals surface area contributed by atoms with Gasteiger partial charge in [-0.3, -0.25) is 0 Å². The summed E-state index contributed by atoms with van der Waals surface area (Å²) in [7, 11) is 0. The Bertz CT molecular complexity index is 1040. The molecule has 104 valence electrons. The predicted molar refractivity (Wildman–Crippen MR) is 91.0 cm³/mol. The third-order valence-corrected chi connectivity index (χ3v) is 3.76. The molecule has 2 heterocycles. The fourth-order valence-electron chi connectivity index (χ4n) is 2.50. The van der Waals surface area contributed by atoms with Gasteiger partial charge in [0.15, 0.2) is 0 Å². The second-order valence-electron chi connectivity index (χ2n) is 5.03. The highest BCUT2D eigenvalue weighted by atomic mass is 35.5. The van der Waals surface area contributed by atoms with E-state index in [2.05, 4.69) is 27.9 Å². The van der Waals surface area contributed by atoms with E-state index in [-0.39, 0.29) is 0 Å². The molecule has 0 fully saturated rings. The number of hydrogen-bond donors (Lipinski definition) is 1. The van der Waals surface area contributed by atoms with Crippen LogP contribution >= 0.6 is 11.6 Å². The average molecular weight is 303 g/mol. The van der Waals surface area contributed by atoms with Crippen molar-refractivity contribution < 1.29 is 0 Å². The molecule has 0 aliphatic heterocycles. The average Bonchev–Trinajstić information content (AvgIpc) is 2.90. The molecule has 2 nitrogen and oxygen atoms in total. The Morgan fingerprint density at radius 2 is 1.64 bits per heavy atom. The molecule has 0 bridgehead atoms. The van der Waals surface area contributed by atoms with E-state index < -0.39 is 0 Å². The highest BCUT2D eigenvalue weighted by Gasteiger charge is 2.06. The Morgan fingerprint density at radius 3 is 2.50 bits per heavy atom. The number of nitrogens with one attached hydrogen (secondary N) is 1. The number of halogens is 1. The van der Waals surface area contributed by atoms with Crippen molar-refractivity contribution in [2.75, 3.05) is 0 Å². The van der Waals surface area contributed by atoms with Crippen LogP contribution in [0.3, 0.4) is 0 Å². The van der Waals surface area contributed by atoms with E-state index in [4.69, 9.17) is 11.6 Å². The normalized spacial score (nSPS) is 10.6. The number of aromatic nitrogens is 2. The minimum absolute atomic E-state index is 0.489. The van der Waals surface area contributed by atoms with E-state index in [0.717, 1.165) is 33.1 Å². The quantitative estimate of drug-likeness (QED) is 0.368. The van der Waals surface area contributed by atoms with Crippen molar-refractivity contribution >= 4 is 33.5 Å². The molecule has 4 rings (SSSR count). The minimum Gasteiger partial charge on any atom is -0.339 e. The van der Waals surface area contributed by atoms with Crippen LogP contribution in [-0.2, 0) is 0 Å². The highest BCUT2D eigenvalue weighted by Crippen LogP contribution is 2.26. The summed E-state index contributed by atoms with van der Waals surface area (Å²) < 4.78 is 0. The summed E-state index contributed by atoms with van der Waals surface area (Å²) in [6.45, 7) is 0. The maximum Gasteiger partial charge on any atom is 0.140 e. The predicted octanol–water partition coefficient (Wildman–Crippen LogP) is 4.77. The molecule has 0 saturated heterocycles. The molecule has 22 heavy (non-hydrogen) atoms. The first kappa shape index (κ1) is 12.9. The van der Waals surface area contributed by atoms with Gasteiger partial charge in [0.1, 0.15) is 10.8 Å². The van der Waals surface area contributed by atoms with E-state index in [1.54, 1.807) is 6.07 Å². The molecule has 0 atom stereocenters. The number of pyridine rings is 1. The zero-order chi connectivity index (χ0) is 14.9. The SMILES string of the molecule is Clc1ccc2c(n1)[nH]c1ccc(C#Cc3ccccc3)cc12. The molecular formula is C19H11ClN2. The Hall–Kier alpha value is -2.76. The van der Waals surface area contributed by atoms with Crippen LogP contribution in [0.1, 0.15) is 11.1 Å². The maximum absolute atomic E-state index is 5.94. The molecule has 0 aliphatic carbocycles.